The Morgan fingerprint density at radius 1 is 1.17 bits per heavy atom. The minimum absolute atomic E-state index is 0.112. The highest BCUT2D eigenvalue weighted by molar-refractivity contribution is 5.75. The van der Waals surface area contributed by atoms with E-state index in [4.69, 9.17) is 4.74 Å². The molecule has 104 valence electrons. The highest BCUT2D eigenvalue weighted by Crippen LogP contribution is 2.43. The summed E-state index contributed by atoms with van der Waals surface area (Å²) < 4.78 is 4.90. The monoisotopic (exact) mass is 253 g/mol. The Labute approximate surface area is 111 Å². The normalized spacial score (nSPS) is 30.2. The number of carbonyl (C=O) groups is 1. The van der Waals surface area contributed by atoms with E-state index in [1.165, 1.54) is 45.6 Å². The molecule has 3 atom stereocenters. The highest BCUT2D eigenvalue weighted by atomic mass is 16.5. The largest absolute Gasteiger partial charge is 0.468 e. The molecular formula is C15H27NO2. The van der Waals surface area contributed by atoms with Crippen molar-refractivity contribution in [3.05, 3.63) is 0 Å². The molecular weight excluding hydrogens is 226 g/mol. The topological polar surface area (TPSA) is 38.3 Å². The van der Waals surface area contributed by atoms with Crippen molar-refractivity contribution >= 4 is 5.97 Å². The average Bonchev–Trinajstić information content (AvgIpc) is 3.19. The summed E-state index contributed by atoms with van der Waals surface area (Å²) in [6.07, 6.45) is 8.04. The molecule has 3 nitrogen and oxygen atoms in total. The molecule has 2 aliphatic carbocycles. The summed E-state index contributed by atoms with van der Waals surface area (Å²) in [6.45, 7) is 4.16. The van der Waals surface area contributed by atoms with Gasteiger partial charge in [-0.25, -0.2) is 0 Å². The number of methoxy groups -OCH3 is 1. The van der Waals surface area contributed by atoms with Crippen molar-refractivity contribution in [2.24, 2.45) is 17.8 Å². The molecule has 0 radical (unpaired) electrons. The van der Waals surface area contributed by atoms with Crippen molar-refractivity contribution in [2.45, 2.75) is 64.5 Å². The predicted octanol–water partition coefficient (Wildman–Crippen LogP) is 2.74. The van der Waals surface area contributed by atoms with Crippen LogP contribution in [0.1, 0.15) is 52.4 Å². The molecule has 0 aromatic heterocycles. The molecule has 0 heterocycles. The number of carbonyl (C=O) groups excluding carboxylic acids is 1. The van der Waals surface area contributed by atoms with Crippen LogP contribution >= 0.6 is 0 Å². The van der Waals surface area contributed by atoms with Crippen molar-refractivity contribution in [2.75, 3.05) is 7.11 Å². The van der Waals surface area contributed by atoms with E-state index in [2.05, 4.69) is 19.2 Å². The summed E-state index contributed by atoms with van der Waals surface area (Å²) in [5.41, 5.74) is 0. The third-order valence-electron chi connectivity index (χ3n) is 4.54. The van der Waals surface area contributed by atoms with Gasteiger partial charge in [0.2, 0.25) is 0 Å². The van der Waals surface area contributed by atoms with E-state index in [-0.39, 0.29) is 12.0 Å². The van der Waals surface area contributed by atoms with Gasteiger partial charge in [0.05, 0.1) is 7.11 Å². The molecule has 2 saturated carbocycles. The Hall–Kier alpha value is -0.570. The number of ether oxygens (including phenoxy) is 1. The Balaban J connectivity index is 1.87. The minimum Gasteiger partial charge on any atom is -0.468 e. The molecule has 0 spiro atoms. The summed E-state index contributed by atoms with van der Waals surface area (Å²) in [4.78, 5) is 11.8. The van der Waals surface area contributed by atoms with Gasteiger partial charge in [-0.05, 0) is 43.4 Å². The van der Waals surface area contributed by atoms with Gasteiger partial charge in [-0.15, -0.1) is 0 Å². The Morgan fingerprint density at radius 2 is 1.89 bits per heavy atom. The van der Waals surface area contributed by atoms with E-state index in [0.29, 0.717) is 12.0 Å². The molecule has 0 aromatic carbocycles. The average molecular weight is 253 g/mol. The second-order valence-electron chi connectivity index (χ2n) is 6.37. The maximum absolute atomic E-state index is 11.8. The fraction of sp³-hybridized carbons (Fsp3) is 0.933. The van der Waals surface area contributed by atoms with Gasteiger partial charge in [0, 0.05) is 6.04 Å². The van der Waals surface area contributed by atoms with Crippen molar-refractivity contribution in [1.29, 1.82) is 0 Å². The predicted molar refractivity (Wildman–Crippen MR) is 72.2 cm³/mol. The summed E-state index contributed by atoms with van der Waals surface area (Å²) in [7, 11) is 1.48. The van der Waals surface area contributed by atoms with E-state index < -0.39 is 0 Å². The fourth-order valence-electron chi connectivity index (χ4n) is 3.29. The van der Waals surface area contributed by atoms with Crippen LogP contribution in [-0.2, 0) is 9.53 Å². The van der Waals surface area contributed by atoms with Crippen LogP contribution in [0.5, 0.6) is 0 Å². The quantitative estimate of drug-likeness (QED) is 0.766. The van der Waals surface area contributed by atoms with Crippen LogP contribution in [0.2, 0.25) is 0 Å². The van der Waals surface area contributed by atoms with Gasteiger partial charge in [-0.2, -0.15) is 0 Å². The molecule has 3 heteroatoms. The zero-order valence-electron chi connectivity index (χ0n) is 11.9. The van der Waals surface area contributed by atoms with Crippen LogP contribution in [0.15, 0.2) is 0 Å². The SMILES string of the molecule is COC(=O)C(NC1CCCC(C2CC2)C1)C(C)C. The molecule has 0 aromatic rings. The molecule has 0 bridgehead atoms. The van der Waals surface area contributed by atoms with E-state index in [1.54, 1.807) is 0 Å². The number of hydrogen-bond donors (Lipinski definition) is 1. The second-order valence-corrected chi connectivity index (χ2v) is 6.37. The molecule has 18 heavy (non-hydrogen) atoms. The number of nitrogens with one attached hydrogen (secondary N) is 1. The minimum atomic E-state index is -0.141. The van der Waals surface area contributed by atoms with Gasteiger partial charge in [0.25, 0.3) is 0 Å². The first-order chi connectivity index (χ1) is 8.61. The van der Waals surface area contributed by atoms with Gasteiger partial charge in [-0.3, -0.25) is 4.79 Å². The molecule has 2 aliphatic rings. The van der Waals surface area contributed by atoms with Crippen LogP contribution < -0.4 is 5.32 Å². The van der Waals surface area contributed by atoms with Crippen LogP contribution in [0.3, 0.4) is 0 Å². The van der Waals surface area contributed by atoms with Gasteiger partial charge in [0.1, 0.15) is 6.04 Å². The Bertz CT molecular complexity index is 286. The van der Waals surface area contributed by atoms with Crippen LogP contribution in [0, 0.1) is 17.8 Å². The summed E-state index contributed by atoms with van der Waals surface area (Å²) in [6, 6.07) is 0.369. The van der Waals surface area contributed by atoms with Gasteiger partial charge < -0.3 is 10.1 Å². The highest BCUT2D eigenvalue weighted by Gasteiger charge is 2.36. The second kappa shape index (κ2) is 6.05. The fourth-order valence-corrected chi connectivity index (χ4v) is 3.29. The Morgan fingerprint density at radius 3 is 2.44 bits per heavy atom. The third kappa shape index (κ3) is 3.47. The lowest BCUT2D eigenvalue weighted by atomic mass is 9.82. The zero-order chi connectivity index (χ0) is 13.1. The lowest BCUT2D eigenvalue weighted by Gasteiger charge is -2.33. The maximum atomic E-state index is 11.8. The first-order valence-corrected chi connectivity index (χ1v) is 7.45. The number of hydrogen-bond acceptors (Lipinski definition) is 3. The summed E-state index contributed by atoms with van der Waals surface area (Å²) in [5, 5.41) is 3.54. The number of rotatable bonds is 5. The van der Waals surface area contributed by atoms with E-state index in [1.807, 2.05) is 0 Å². The van der Waals surface area contributed by atoms with Crippen molar-refractivity contribution in [1.82, 2.24) is 5.32 Å². The molecule has 1 N–H and O–H groups in total. The van der Waals surface area contributed by atoms with Gasteiger partial charge >= 0.3 is 5.97 Å². The summed E-state index contributed by atoms with van der Waals surface area (Å²) >= 11 is 0. The third-order valence-corrected chi connectivity index (χ3v) is 4.54. The lowest BCUT2D eigenvalue weighted by Crippen LogP contribution is -2.48. The smallest absolute Gasteiger partial charge is 0.323 e. The number of esters is 1. The first kappa shape index (κ1) is 13.9. The first-order valence-electron chi connectivity index (χ1n) is 7.45. The molecule has 0 amide bonds. The summed E-state index contributed by atoms with van der Waals surface area (Å²) in [5.74, 6) is 2.07. The van der Waals surface area contributed by atoms with E-state index >= 15 is 0 Å². The van der Waals surface area contributed by atoms with Gasteiger partial charge in [0.15, 0.2) is 0 Å². The Kier molecular flexibility index (Phi) is 4.66. The molecule has 2 fully saturated rings. The standard InChI is InChI=1S/C15H27NO2/c1-10(2)14(15(17)18-3)16-13-6-4-5-12(9-13)11-7-8-11/h10-14,16H,4-9H2,1-3H3. The molecule has 3 unspecified atom stereocenters. The van der Waals surface area contributed by atoms with Crippen molar-refractivity contribution in [3.8, 4) is 0 Å². The van der Waals surface area contributed by atoms with Crippen LogP contribution in [0.25, 0.3) is 0 Å². The lowest BCUT2D eigenvalue weighted by molar-refractivity contribution is -0.144. The molecule has 0 saturated heterocycles. The van der Waals surface area contributed by atoms with Crippen molar-refractivity contribution in [3.63, 3.8) is 0 Å². The van der Waals surface area contributed by atoms with E-state index in [0.717, 1.165) is 11.8 Å². The van der Waals surface area contributed by atoms with Gasteiger partial charge in [-0.1, -0.05) is 26.7 Å². The van der Waals surface area contributed by atoms with Crippen LogP contribution in [-0.4, -0.2) is 25.2 Å². The maximum Gasteiger partial charge on any atom is 0.323 e. The van der Waals surface area contributed by atoms with E-state index in [9.17, 15) is 4.79 Å². The molecule has 0 aliphatic heterocycles. The zero-order valence-corrected chi connectivity index (χ0v) is 11.9. The van der Waals surface area contributed by atoms with Crippen LogP contribution in [0.4, 0.5) is 0 Å². The van der Waals surface area contributed by atoms with Crippen molar-refractivity contribution < 1.29 is 9.53 Å². The molecule has 2 rings (SSSR count).